The van der Waals surface area contributed by atoms with Gasteiger partial charge in [-0.15, -0.1) is 0 Å². The number of allylic oxidation sites excluding steroid dienone is 2. The third-order valence-corrected chi connectivity index (χ3v) is 7.27. The molecular formula is C30H26N8O2. The number of amides is 2. The van der Waals surface area contributed by atoms with Crippen molar-refractivity contribution in [1.82, 2.24) is 40.0 Å². The molecule has 0 saturated carbocycles. The maximum absolute atomic E-state index is 13.4. The van der Waals surface area contributed by atoms with Crippen LogP contribution in [-0.4, -0.2) is 78.8 Å². The fraction of sp³-hybridized carbons (Fsp3) is 0.167. The molecule has 3 N–H and O–H groups in total. The average molecular weight is 531 g/mol. The Morgan fingerprint density at radius 2 is 1.38 bits per heavy atom. The number of aromatic amines is 2. The second kappa shape index (κ2) is 9.81. The summed E-state index contributed by atoms with van der Waals surface area (Å²) in [5, 5.41) is 3.31. The van der Waals surface area contributed by atoms with Crippen molar-refractivity contribution in [2.75, 3.05) is 26.2 Å². The van der Waals surface area contributed by atoms with Crippen LogP contribution in [0, 0.1) is 0 Å². The largest absolute Gasteiger partial charge is 0.368 e. The van der Waals surface area contributed by atoms with Gasteiger partial charge >= 0.3 is 0 Å². The zero-order chi connectivity index (χ0) is 27.1. The van der Waals surface area contributed by atoms with Crippen LogP contribution in [0.5, 0.6) is 0 Å². The third-order valence-electron chi connectivity index (χ3n) is 7.27. The highest BCUT2D eigenvalue weighted by atomic mass is 16.2. The third kappa shape index (κ3) is 4.39. The Hall–Kier alpha value is -5.25. The molecule has 10 heteroatoms. The maximum atomic E-state index is 13.4. The van der Waals surface area contributed by atoms with E-state index >= 15 is 0 Å². The molecule has 2 aliphatic heterocycles. The van der Waals surface area contributed by atoms with Crippen molar-refractivity contribution in [3.63, 3.8) is 0 Å². The molecule has 0 aliphatic carbocycles. The number of carbonyl (C=O) groups is 2. The molecule has 3 aromatic heterocycles. The van der Waals surface area contributed by atoms with E-state index in [0.717, 1.165) is 27.8 Å². The van der Waals surface area contributed by atoms with E-state index in [1.165, 1.54) is 0 Å². The van der Waals surface area contributed by atoms with E-state index < -0.39 is 6.04 Å². The quantitative estimate of drug-likeness (QED) is 0.328. The predicted molar refractivity (Wildman–Crippen MR) is 152 cm³/mol. The molecule has 0 spiro atoms. The molecule has 198 valence electrons. The van der Waals surface area contributed by atoms with Gasteiger partial charge in [0.15, 0.2) is 11.6 Å². The lowest BCUT2D eigenvalue weighted by atomic mass is 10.1. The number of para-hydroxylation sites is 4. The van der Waals surface area contributed by atoms with Crippen molar-refractivity contribution in [2.45, 2.75) is 6.04 Å². The number of H-pyrrole nitrogens is 2. The van der Waals surface area contributed by atoms with Gasteiger partial charge in [0.2, 0.25) is 5.91 Å². The van der Waals surface area contributed by atoms with Gasteiger partial charge in [0, 0.05) is 26.2 Å². The molecular weight excluding hydrogens is 504 g/mol. The van der Waals surface area contributed by atoms with Crippen molar-refractivity contribution >= 4 is 39.6 Å². The molecule has 1 atom stereocenters. The number of aromatic nitrogens is 5. The molecule has 10 nitrogen and oxygen atoms in total. The number of dihydropyridines is 1. The first-order valence-corrected chi connectivity index (χ1v) is 13.2. The highest BCUT2D eigenvalue weighted by molar-refractivity contribution is 5.93. The minimum absolute atomic E-state index is 0.0323. The van der Waals surface area contributed by atoms with Gasteiger partial charge in [-0.25, -0.2) is 15.0 Å². The number of rotatable bonds is 4. The van der Waals surface area contributed by atoms with Crippen molar-refractivity contribution in [3.05, 3.63) is 96.5 Å². The Kier molecular flexibility index (Phi) is 5.85. The summed E-state index contributed by atoms with van der Waals surface area (Å²) in [6, 6.07) is 20.4. The highest BCUT2D eigenvalue weighted by Crippen LogP contribution is 2.21. The van der Waals surface area contributed by atoms with E-state index in [9.17, 15) is 9.59 Å². The number of hydrogen-bond acceptors (Lipinski definition) is 6. The zero-order valence-electron chi connectivity index (χ0n) is 21.5. The van der Waals surface area contributed by atoms with Crippen molar-refractivity contribution in [2.24, 2.45) is 0 Å². The Morgan fingerprint density at radius 3 is 2.10 bits per heavy atom. The summed E-state index contributed by atoms with van der Waals surface area (Å²) in [5.74, 6) is 1.12. The molecule has 5 heterocycles. The van der Waals surface area contributed by atoms with Gasteiger partial charge in [0.05, 0.1) is 27.8 Å². The number of nitrogens with one attached hydrogen (secondary N) is 3. The van der Waals surface area contributed by atoms with E-state index in [1.807, 2.05) is 78.9 Å². The summed E-state index contributed by atoms with van der Waals surface area (Å²) in [6.45, 7) is 1.76. The minimum Gasteiger partial charge on any atom is -0.368 e. The number of fused-ring (bicyclic) bond motifs is 2. The molecule has 2 amide bonds. The first kappa shape index (κ1) is 23.8. The Bertz CT molecular complexity index is 1740. The number of hydrogen-bond donors (Lipinski definition) is 3. The second-order valence-electron chi connectivity index (χ2n) is 9.82. The Labute approximate surface area is 229 Å². The average Bonchev–Trinajstić information content (AvgIpc) is 3.65. The van der Waals surface area contributed by atoms with Gasteiger partial charge < -0.3 is 25.1 Å². The lowest BCUT2D eigenvalue weighted by molar-refractivity contribution is -0.133. The first-order chi connectivity index (χ1) is 19.6. The van der Waals surface area contributed by atoms with E-state index in [4.69, 9.17) is 0 Å². The van der Waals surface area contributed by atoms with Crippen LogP contribution in [0.15, 0.2) is 85.0 Å². The van der Waals surface area contributed by atoms with E-state index in [2.05, 4.69) is 30.2 Å². The maximum Gasteiger partial charge on any atom is 0.272 e. The second-order valence-corrected chi connectivity index (χ2v) is 9.82. The fourth-order valence-corrected chi connectivity index (χ4v) is 5.15. The first-order valence-electron chi connectivity index (χ1n) is 13.2. The molecule has 2 aliphatic rings. The summed E-state index contributed by atoms with van der Waals surface area (Å²) in [4.78, 5) is 50.6. The van der Waals surface area contributed by atoms with Gasteiger partial charge in [-0.05, 0) is 42.5 Å². The standard InChI is InChI=1S/C30H26N8O2/c39-29(25-13-5-11-23(31-25)27-33-19-7-1-2-8-20(19)34-27)37-15-17-38(18-16-37)30(40)26-14-6-12-24(32-26)28-35-21-9-3-4-10-22(21)36-28/h1-14,25,31H,15-18H2,(H,33,34)(H,35,36). The number of pyridine rings is 1. The lowest BCUT2D eigenvalue weighted by Gasteiger charge is -2.36. The van der Waals surface area contributed by atoms with Gasteiger partial charge in [0.25, 0.3) is 5.91 Å². The van der Waals surface area contributed by atoms with E-state index in [1.54, 1.807) is 15.9 Å². The van der Waals surface area contributed by atoms with Crippen molar-refractivity contribution in [1.29, 1.82) is 0 Å². The Morgan fingerprint density at radius 1 is 0.725 bits per heavy atom. The van der Waals surface area contributed by atoms with Crippen molar-refractivity contribution in [3.8, 4) is 11.5 Å². The van der Waals surface area contributed by atoms with Crippen LogP contribution in [0.1, 0.15) is 16.3 Å². The van der Waals surface area contributed by atoms with Crippen molar-refractivity contribution < 1.29 is 9.59 Å². The van der Waals surface area contributed by atoms with Gasteiger partial charge in [-0.3, -0.25) is 9.59 Å². The number of piperazine rings is 1. The molecule has 40 heavy (non-hydrogen) atoms. The van der Waals surface area contributed by atoms with Crippen LogP contribution in [0.2, 0.25) is 0 Å². The Balaban J connectivity index is 0.992. The summed E-state index contributed by atoms with van der Waals surface area (Å²) < 4.78 is 0. The molecule has 0 bridgehead atoms. The van der Waals surface area contributed by atoms with Crippen LogP contribution in [0.25, 0.3) is 39.3 Å². The molecule has 1 saturated heterocycles. The van der Waals surface area contributed by atoms with Crippen LogP contribution in [0.4, 0.5) is 0 Å². The van der Waals surface area contributed by atoms with Gasteiger partial charge in [-0.2, -0.15) is 0 Å². The summed E-state index contributed by atoms with van der Waals surface area (Å²) in [5.41, 5.74) is 5.31. The van der Waals surface area contributed by atoms with E-state index in [0.29, 0.717) is 49.2 Å². The molecule has 7 rings (SSSR count). The van der Waals surface area contributed by atoms with Gasteiger partial charge in [-0.1, -0.05) is 42.5 Å². The SMILES string of the molecule is O=C(c1cccc(-c2nc3ccccc3[nH]2)n1)N1CCN(C(=O)C2C=CC=C(c3nc4ccccc4[nH]3)N2)CC1. The molecule has 2 aromatic carbocycles. The zero-order valence-corrected chi connectivity index (χ0v) is 21.5. The summed E-state index contributed by atoms with van der Waals surface area (Å²) >= 11 is 0. The fourth-order valence-electron chi connectivity index (χ4n) is 5.15. The number of imidazole rings is 2. The number of nitrogens with zero attached hydrogens (tertiary/aromatic N) is 5. The molecule has 5 aromatic rings. The highest BCUT2D eigenvalue weighted by Gasteiger charge is 2.30. The van der Waals surface area contributed by atoms with Crippen LogP contribution in [-0.2, 0) is 4.79 Å². The summed E-state index contributed by atoms with van der Waals surface area (Å²) in [6.07, 6.45) is 5.63. The monoisotopic (exact) mass is 530 g/mol. The smallest absolute Gasteiger partial charge is 0.272 e. The number of benzene rings is 2. The molecule has 1 unspecified atom stereocenters. The van der Waals surface area contributed by atoms with Gasteiger partial charge in [0.1, 0.15) is 17.4 Å². The van der Waals surface area contributed by atoms with Crippen LogP contribution >= 0.6 is 0 Å². The summed E-state index contributed by atoms with van der Waals surface area (Å²) in [7, 11) is 0. The normalized spacial score (nSPS) is 17.2. The number of carbonyl (C=O) groups excluding carboxylic acids is 2. The van der Waals surface area contributed by atoms with E-state index in [-0.39, 0.29) is 11.8 Å². The molecule has 0 radical (unpaired) electrons. The molecule has 1 fully saturated rings. The topological polar surface area (TPSA) is 123 Å². The minimum atomic E-state index is -0.502. The van der Waals surface area contributed by atoms with Crippen LogP contribution < -0.4 is 5.32 Å². The lowest BCUT2D eigenvalue weighted by Crippen LogP contribution is -2.54. The van der Waals surface area contributed by atoms with Crippen LogP contribution in [0.3, 0.4) is 0 Å². The predicted octanol–water partition coefficient (Wildman–Crippen LogP) is 3.35.